The molecule has 0 saturated heterocycles. The number of fused-ring (bicyclic) bond motifs is 1. The second-order valence-electron chi connectivity index (χ2n) is 6.98. The highest BCUT2D eigenvalue weighted by molar-refractivity contribution is 6.32. The van der Waals surface area contributed by atoms with E-state index >= 15 is 0 Å². The van der Waals surface area contributed by atoms with Crippen molar-refractivity contribution in [3.63, 3.8) is 0 Å². The minimum atomic E-state index is -0.765. The molecule has 0 saturated carbocycles. The van der Waals surface area contributed by atoms with Crippen molar-refractivity contribution in [1.29, 1.82) is 0 Å². The van der Waals surface area contributed by atoms with E-state index < -0.39 is 12.0 Å². The van der Waals surface area contributed by atoms with Crippen molar-refractivity contribution in [3.8, 4) is 11.5 Å². The molecule has 0 bridgehead atoms. The van der Waals surface area contributed by atoms with Crippen molar-refractivity contribution in [2.75, 3.05) is 6.79 Å². The molecular formula is C21H22ClNO5. The maximum absolute atomic E-state index is 12.6. The van der Waals surface area contributed by atoms with Gasteiger partial charge in [0.05, 0.1) is 5.02 Å². The van der Waals surface area contributed by atoms with Crippen LogP contribution < -0.4 is 14.8 Å². The molecule has 1 heterocycles. The lowest BCUT2D eigenvalue weighted by molar-refractivity contribution is -0.148. The molecule has 1 aliphatic rings. The summed E-state index contributed by atoms with van der Waals surface area (Å²) in [6, 6.07) is 9.76. The number of hydrogen-bond acceptors (Lipinski definition) is 5. The monoisotopic (exact) mass is 403 g/mol. The lowest BCUT2D eigenvalue weighted by Gasteiger charge is -2.21. The van der Waals surface area contributed by atoms with Crippen LogP contribution in [-0.2, 0) is 16.1 Å². The molecule has 7 heteroatoms. The fraction of sp³-hybridized carbons (Fsp3) is 0.333. The third kappa shape index (κ3) is 4.57. The van der Waals surface area contributed by atoms with E-state index in [1.165, 1.54) is 0 Å². The van der Waals surface area contributed by atoms with Crippen LogP contribution in [0.2, 0.25) is 5.02 Å². The fourth-order valence-electron chi connectivity index (χ4n) is 2.78. The Hall–Kier alpha value is -2.73. The highest BCUT2D eigenvalue weighted by atomic mass is 35.5. The minimum Gasteiger partial charge on any atom is -0.459 e. The van der Waals surface area contributed by atoms with Gasteiger partial charge < -0.3 is 19.5 Å². The molecule has 28 heavy (non-hydrogen) atoms. The third-order valence-electron chi connectivity index (χ3n) is 4.39. The van der Waals surface area contributed by atoms with Gasteiger partial charge in [-0.05, 0) is 42.7 Å². The van der Waals surface area contributed by atoms with Crippen molar-refractivity contribution >= 4 is 23.5 Å². The molecule has 0 radical (unpaired) electrons. The Balaban J connectivity index is 1.64. The Morgan fingerprint density at radius 2 is 1.89 bits per heavy atom. The molecule has 3 rings (SSSR count). The van der Waals surface area contributed by atoms with Gasteiger partial charge >= 0.3 is 5.97 Å². The molecule has 6 nitrogen and oxygen atoms in total. The summed E-state index contributed by atoms with van der Waals surface area (Å²) in [4.78, 5) is 25.0. The van der Waals surface area contributed by atoms with Crippen molar-refractivity contribution in [2.24, 2.45) is 5.92 Å². The van der Waals surface area contributed by atoms with E-state index in [9.17, 15) is 9.59 Å². The summed E-state index contributed by atoms with van der Waals surface area (Å²) in [5, 5.41) is 3.15. The normalized spacial score (nSPS) is 13.3. The lowest BCUT2D eigenvalue weighted by atomic mass is 10.0. The second kappa shape index (κ2) is 8.52. The summed E-state index contributed by atoms with van der Waals surface area (Å²) in [6.07, 6.45) is 0. The summed E-state index contributed by atoms with van der Waals surface area (Å²) in [5.74, 6) is 0.0436. The summed E-state index contributed by atoms with van der Waals surface area (Å²) in [6.45, 7) is 5.76. The largest absolute Gasteiger partial charge is 0.459 e. The topological polar surface area (TPSA) is 73.9 Å². The fourth-order valence-corrected chi connectivity index (χ4v) is 3.06. The third-order valence-corrected chi connectivity index (χ3v) is 4.67. The molecule has 0 aromatic heterocycles. The molecule has 1 aliphatic heterocycles. The Morgan fingerprint density at radius 1 is 1.18 bits per heavy atom. The highest BCUT2D eigenvalue weighted by Gasteiger charge is 2.27. The molecule has 0 spiro atoms. The second-order valence-corrected chi connectivity index (χ2v) is 7.39. The average Bonchev–Trinajstić information content (AvgIpc) is 3.13. The molecule has 1 atom stereocenters. The van der Waals surface area contributed by atoms with E-state index in [2.05, 4.69) is 5.32 Å². The number of halogens is 1. The van der Waals surface area contributed by atoms with E-state index in [1.807, 2.05) is 32.9 Å². The van der Waals surface area contributed by atoms with E-state index in [1.54, 1.807) is 24.3 Å². The van der Waals surface area contributed by atoms with Gasteiger partial charge in [-0.25, -0.2) is 4.79 Å². The number of ether oxygens (including phenoxy) is 3. The lowest BCUT2D eigenvalue weighted by Crippen LogP contribution is -2.45. The first-order valence-electron chi connectivity index (χ1n) is 8.97. The SMILES string of the molecule is Cc1ccc(C(=O)N[C@@H](C(=O)OCc2cc(Cl)c3c(c2)OCO3)C(C)C)cc1. The Bertz CT molecular complexity index is 879. The Morgan fingerprint density at radius 3 is 2.57 bits per heavy atom. The maximum atomic E-state index is 12.6. The summed E-state index contributed by atoms with van der Waals surface area (Å²) < 4.78 is 16.0. The number of amides is 1. The predicted octanol–water partition coefficient (Wildman–Crippen LogP) is 3.87. The predicted molar refractivity (Wildman–Crippen MR) is 105 cm³/mol. The molecule has 2 aromatic rings. The first-order valence-corrected chi connectivity index (χ1v) is 9.35. The van der Waals surface area contributed by atoms with Gasteiger partial charge in [-0.3, -0.25) is 4.79 Å². The summed E-state index contributed by atoms with van der Waals surface area (Å²) in [7, 11) is 0. The van der Waals surface area contributed by atoms with Crippen molar-refractivity contribution in [3.05, 3.63) is 58.1 Å². The van der Waals surface area contributed by atoms with Gasteiger partial charge in [-0.2, -0.15) is 0 Å². The molecule has 0 fully saturated rings. The number of benzene rings is 2. The van der Waals surface area contributed by atoms with Crippen molar-refractivity contribution in [1.82, 2.24) is 5.32 Å². The molecule has 1 amide bonds. The molecular weight excluding hydrogens is 382 g/mol. The first-order chi connectivity index (χ1) is 13.3. The van der Waals surface area contributed by atoms with Gasteiger partial charge in [-0.15, -0.1) is 0 Å². The first kappa shape index (κ1) is 20.0. The minimum absolute atomic E-state index is 0.0127. The number of carbonyl (C=O) groups is 2. The molecule has 0 aliphatic carbocycles. The van der Waals surface area contributed by atoms with E-state index in [0.29, 0.717) is 27.6 Å². The van der Waals surface area contributed by atoms with E-state index in [0.717, 1.165) is 5.56 Å². The van der Waals surface area contributed by atoms with Gasteiger partial charge in [0.15, 0.2) is 11.5 Å². The molecule has 148 valence electrons. The van der Waals surface area contributed by atoms with Crippen LogP contribution in [0.1, 0.15) is 35.3 Å². The van der Waals surface area contributed by atoms with Gasteiger partial charge in [-0.1, -0.05) is 43.1 Å². The number of nitrogens with one attached hydrogen (secondary N) is 1. The Kier molecular flexibility index (Phi) is 6.09. The summed E-state index contributed by atoms with van der Waals surface area (Å²) in [5.41, 5.74) is 2.22. The van der Waals surface area contributed by atoms with Gasteiger partial charge in [0, 0.05) is 5.56 Å². The number of aryl methyl sites for hydroxylation is 1. The van der Waals surface area contributed by atoms with E-state index in [4.69, 9.17) is 25.8 Å². The average molecular weight is 404 g/mol. The van der Waals surface area contributed by atoms with Crippen LogP contribution in [0.3, 0.4) is 0 Å². The zero-order chi connectivity index (χ0) is 20.3. The van der Waals surface area contributed by atoms with Crippen molar-refractivity contribution in [2.45, 2.75) is 33.4 Å². The number of carbonyl (C=O) groups excluding carboxylic acids is 2. The van der Waals surface area contributed by atoms with Gasteiger partial charge in [0.25, 0.3) is 5.91 Å². The van der Waals surface area contributed by atoms with Crippen LogP contribution in [0.15, 0.2) is 36.4 Å². The zero-order valence-electron chi connectivity index (χ0n) is 16.0. The number of rotatable bonds is 6. The van der Waals surface area contributed by atoms with E-state index in [-0.39, 0.29) is 25.2 Å². The number of esters is 1. The summed E-state index contributed by atoms with van der Waals surface area (Å²) >= 11 is 6.15. The quantitative estimate of drug-likeness (QED) is 0.741. The number of hydrogen-bond donors (Lipinski definition) is 1. The van der Waals surface area contributed by atoms with Crippen LogP contribution in [-0.4, -0.2) is 24.7 Å². The van der Waals surface area contributed by atoms with Crippen LogP contribution in [0.4, 0.5) is 0 Å². The van der Waals surface area contributed by atoms with Crippen molar-refractivity contribution < 1.29 is 23.8 Å². The smallest absolute Gasteiger partial charge is 0.329 e. The van der Waals surface area contributed by atoms with Crippen LogP contribution in [0, 0.1) is 12.8 Å². The maximum Gasteiger partial charge on any atom is 0.329 e. The van der Waals surface area contributed by atoms with Gasteiger partial charge in [0.1, 0.15) is 12.6 Å². The zero-order valence-corrected chi connectivity index (χ0v) is 16.7. The highest BCUT2D eigenvalue weighted by Crippen LogP contribution is 2.39. The molecule has 2 aromatic carbocycles. The van der Waals surface area contributed by atoms with Crippen LogP contribution in [0.25, 0.3) is 0 Å². The molecule has 0 unspecified atom stereocenters. The van der Waals surface area contributed by atoms with Crippen LogP contribution in [0.5, 0.6) is 11.5 Å². The van der Waals surface area contributed by atoms with Crippen LogP contribution >= 0.6 is 11.6 Å². The Labute approximate surface area is 168 Å². The molecule has 1 N–H and O–H groups in total. The standard InChI is InChI=1S/C21H22ClNO5/c1-12(2)18(23-20(24)15-6-4-13(3)5-7-15)21(25)26-10-14-8-16(22)19-17(9-14)27-11-28-19/h4-9,12,18H,10-11H2,1-3H3,(H,23,24)/t18-/m1/s1. The van der Waals surface area contributed by atoms with Gasteiger partial charge in [0.2, 0.25) is 6.79 Å².